The zero-order valence-electron chi connectivity index (χ0n) is 16.0. The minimum absolute atomic E-state index is 0.0651. The van der Waals surface area contributed by atoms with Crippen LogP contribution in [0.2, 0.25) is 0 Å². The summed E-state index contributed by atoms with van der Waals surface area (Å²) in [6.45, 7) is -0.0923. The van der Waals surface area contributed by atoms with E-state index < -0.39 is 11.0 Å². The van der Waals surface area contributed by atoms with Gasteiger partial charge in [-0.2, -0.15) is 5.10 Å². The fraction of sp³-hybridized carbons (Fsp3) is 0.0952. The molecule has 0 radical (unpaired) electrons. The molecule has 0 bridgehead atoms. The van der Waals surface area contributed by atoms with E-state index in [9.17, 15) is 19.3 Å². The first-order valence-corrected chi connectivity index (χ1v) is 10.1. The maximum absolute atomic E-state index is 13.3. The van der Waals surface area contributed by atoms with Crippen LogP contribution in [0.25, 0.3) is 11.4 Å². The SMILES string of the molecule is O=C(Cn1cnc(-c2cccc([N+](=O)[O-])c2)n1)N[C@H](c1ccc(F)cc1)c1cccs1. The molecule has 10 heteroatoms. The van der Waals surface area contributed by atoms with Crippen LogP contribution in [0.15, 0.2) is 72.4 Å². The number of amides is 1. The summed E-state index contributed by atoms with van der Waals surface area (Å²) in [6.07, 6.45) is 1.39. The van der Waals surface area contributed by atoms with Crippen molar-refractivity contribution in [3.05, 3.63) is 98.7 Å². The Labute approximate surface area is 180 Å². The number of rotatable bonds is 7. The summed E-state index contributed by atoms with van der Waals surface area (Å²) >= 11 is 1.49. The fourth-order valence-electron chi connectivity index (χ4n) is 3.04. The standard InChI is InChI=1S/C21H16FN5O3S/c22-16-8-6-14(7-9-16)20(18-5-2-10-31-18)24-19(28)12-26-13-23-21(25-26)15-3-1-4-17(11-15)27(29)30/h1-11,13,20H,12H2,(H,24,28)/t20-/m1/s1. The molecule has 0 aliphatic carbocycles. The minimum Gasteiger partial charge on any atom is -0.343 e. The van der Waals surface area contributed by atoms with E-state index in [1.54, 1.807) is 24.3 Å². The highest BCUT2D eigenvalue weighted by molar-refractivity contribution is 7.10. The molecular formula is C21H16FN5O3S. The van der Waals surface area contributed by atoms with Gasteiger partial charge in [-0.1, -0.05) is 30.3 Å². The van der Waals surface area contributed by atoms with Crippen LogP contribution < -0.4 is 5.32 Å². The number of nitro groups is 1. The molecule has 0 fully saturated rings. The van der Waals surface area contributed by atoms with Gasteiger partial charge in [0.25, 0.3) is 5.69 Å². The summed E-state index contributed by atoms with van der Waals surface area (Å²) in [4.78, 5) is 28.2. The third-order valence-electron chi connectivity index (χ3n) is 4.49. The number of nitro benzene ring substituents is 1. The Morgan fingerprint density at radius 1 is 1.19 bits per heavy atom. The summed E-state index contributed by atoms with van der Waals surface area (Å²) in [7, 11) is 0. The number of nitrogens with one attached hydrogen (secondary N) is 1. The Morgan fingerprint density at radius 2 is 2.00 bits per heavy atom. The second kappa shape index (κ2) is 8.84. The average Bonchev–Trinajstić information content (AvgIpc) is 3.45. The van der Waals surface area contributed by atoms with E-state index in [1.807, 2.05) is 17.5 Å². The molecular weight excluding hydrogens is 421 g/mol. The van der Waals surface area contributed by atoms with Crippen molar-refractivity contribution in [3.8, 4) is 11.4 Å². The summed E-state index contributed by atoms with van der Waals surface area (Å²) in [5, 5.41) is 20.1. The van der Waals surface area contributed by atoms with Gasteiger partial charge in [-0.25, -0.2) is 14.1 Å². The molecule has 4 aromatic rings. The predicted octanol–water partition coefficient (Wildman–Crippen LogP) is 3.96. The van der Waals surface area contributed by atoms with Crippen LogP contribution in [0.4, 0.5) is 10.1 Å². The molecule has 4 rings (SSSR count). The first-order chi connectivity index (χ1) is 15.0. The highest BCUT2D eigenvalue weighted by atomic mass is 32.1. The van der Waals surface area contributed by atoms with Crippen molar-refractivity contribution in [1.29, 1.82) is 0 Å². The molecule has 2 aromatic heterocycles. The van der Waals surface area contributed by atoms with Gasteiger partial charge in [0.1, 0.15) is 18.7 Å². The summed E-state index contributed by atoms with van der Waals surface area (Å²) < 4.78 is 14.7. The van der Waals surface area contributed by atoms with Crippen molar-refractivity contribution in [2.75, 3.05) is 0 Å². The third-order valence-corrected chi connectivity index (χ3v) is 5.43. The third kappa shape index (κ3) is 4.81. The zero-order valence-corrected chi connectivity index (χ0v) is 16.8. The lowest BCUT2D eigenvalue weighted by molar-refractivity contribution is -0.384. The largest absolute Gasteiger partial charge is 0.343 e. The first kappa shape index (κ1) is 20.4. The van der Waals surface area contributed by atoms with Gasteiger partial charge in [-0.3, -0.25) is 14.9 Å². The average molecular weight is 437 g/mol. The number of hydrogen-bond donors (Lipinski definition) is 1. The molecule has 0 unspecified atom stereocenters. The smallest absolute Gasteiger partial charge is 0.270 e. The van der Waals surface area contributed by atoms with Crippen molar-refractivity contribution in [2.24, 2.45) is 0 Å². The second-order valence-corrected chi connectivity index (χ2v) is 7.62. The van der Waals surface area contributed by atoms with E-state index in [-0.39, 0.29) is 29.8 Å². The normalized spacial score (nSPS) is 11.8. The molecule has 31 heavy (non-hydrogen) atoms. The predicted molar refractivity (Wildman–Crippen MR) is 113 cm³/mol. The van der Waals surface area contributed by atoms with Crippen LogP contribution in [0.5, 0.6) is 0 Å². The molecule has 0 aliphatic rings. The van der Waals surface area contributed by atoms with Gasteiger partial charge >= 0.3 is 0 Å². The number of thiophene rings is 1. The van der Waals surface area contributed by atoms with E-state index in [2.05, 4.69) is 15.4 Å². The molecule has 0 saturated heterocycles. The molecule has 1 amide bonds. The highest BCUT2D eigenvalue weighted by Crippen LogP contribution is 2.26. The van der Waals surface area contributed by atoms with Crippen molar-refractivity contribution < 1.29 is 14.1 Å². The van der Waals surface area contributed by atoms with Crippen molar-refractivity contribution in [3.63, 3.8) is 0 Å². The topological polar surface area (TPSA) is 103 Å². The van der Waals surface area contributed by atoms with E-state index in [0.717, 1.165) is 10.4 Å². The Kier molecular flexibility index (Phi) is 5.80. The molecule has 2 aromatic carbocycles. The number of carbonyl (C=O) groups is 1. The Bertz CT molecular complexity index is 1210. The van der Waals surface area contributed by atoms with E-state index in [1.165, 1.54) is 46.6 Å². The number of benzene rings is 2. The first-order valence-electron chi connectivity index (χ1n) is 9.22. The van der Waals surface area contributed by atoms with Crippen molar-refractivity contribution >= 4 is 22.9 Å². The Balaban J connectivity index is 1.49. The van der Waals surface area contributed by atoms with Crippen LogP contribution in [0.3, 0.4) is 0 Å². The lowest BCUT2D eigenvalue weighted by Gasteiger charge is -2.18. The molecule has 8 nitrogen and oxygen atoms in total. The lowest BCUT2D eigenvalue weighted by atomic mass is 10.1. The molecule has 156 valence electrons. The summed E-state index contributed by atoms with van der Waals surface area (Å²) in [5.74, 6) is -0.376. The van der Waals surface area contributed by atoms with Gasteiger partial charge < -0.3 is 5.32 Å². The van der Waals surface area contributed by atoms with Crippen molar-refractivity contribution in [1.82, 2.24) is 20.1 Å². The molecule has 0 aliphatic heterocycles. The summed E-state index contributed by atoms with van der Waals surface area (Å²) in [6, 6.07) is 15.3. The van der Waals surface area contributed by atoms with Gasteiger partial charge in [-0.15, -0.1) is 11.3 Å². The van der Waals surface area contributed by atoms with Gasteiger partial charge in [0.15, 0.2) is 5.82 Å². The van der Waals surface area contributed by atoms with Gasteiger partial charge in [0, 0.05) is 22.6 Å². The number of aromatic nitrogens is 3. The fourth-order valence-corrected chi connectivity index (χ4v) is 3.85. The number of nitrogens with zero attached hydrogens (tertiary/aromatic N) is 4. The molecule has 2 heterocycles. The van der Waals surface area contributed by atoms with Gasteiger partial charge in [0.05, 0.1) is 11.0 Å². The number of halogens is 1. The second-order valence-electron chi connectivity index (χ2n) is 6.64. The number of non-ortho nitro benzene ring substituents is 1. The molecule has 0 saturated carbocycles. The van der Waals surface area contributed by atoms with Crippen LogP contribution in [0, 0.1) is 15.9 Å². The monoisotopic (exact) mass is 437 g/mol. The van der Waals surface area contributed by atoms with Crippen molar-refractivity contribution in [2.45, 2.75) is 12.6 Å². The number of carbonyl (C=O) groups excluding carboxylic acids is 1. The van der Waals surface area contributed by atoms with Gasteiger partial charge in [-0.05, 0) is 29.1 Å². The van der Waals surface area contributed by atoms with Crippen LogP contribution in [-0.4, -0.2) is 25.6 Å². The highest BCUT2D eigenvalue weighted by Gasteiger charge is 2.19. The number of hydrogen-bond acceptors (Lipinski definition) is 6. The van der Waals surface area contributed by atoms with Crippen LogP contribution in [0.1, 0.15) is 16.5 Å². The maximum atomic E-state index is 13.3. The maximum Gasteiger partial charge on any atom is 0.270 e. The minimum atomic E-state index is -0.492. The summed E-state index contributed by atoms with van der Waals surface area (Å²) in [5.41, 5.74) is 1.17. The Hall–Kier alpha value is -3.92. The molecule has 1 N–H and O–H groups in total. The molecule has 1 atom stereocenters. The lowest BCUT2D eigenvalue weighted by Crippen LogP contribution is -2.32. The quantitative estimate of drug-likeness (QED) is 0.348. The van der Waals surface area contributed by atoms with E-state index in [0.29, 0.717) is 5.56 Å². The van der Waals surface area contributed by atoms with Crippen LogP contribution >= 0.6 is 11.3 Å². The molecule has 0 spiro atoms. The zero-order chi connectivity index (χ0) is 21.8. The van der Waals surface area contributed by atoms with Gasteiger partial charge in [0.2, 0.25) is 5.91 Å². The van der Waals surface area contributed by atoms with E-state index >= 15 is 0 Å². The van der Waals surface area contributed by atoms with Crippen LogP contribution in [-0.2, 0) is 11.3 Å². The van der Waals surface area contributed by atoms with E-state index in [4.69, 9.17) is 0 Å². The Morgan fingerprint density at radius 3 is 2.71 bits per heavy atom.